The van der Waals surface area contributed by atoms with Gasteiger partial charge in [-0.3, -0.25) is 10.1 Å². The minimum Gasteiger partial charge on any atom is -0.307 e. The highest BCUT2D eigenvalue weighted by Crippen LogP contribution is 2.23. The van der Waals surface area contributed by atoms with E-state index in [0.717, 1.165) is 4.88 Å². The fourth-order valence-corrected chi connectivity index (χ4v) is 1.67. The van der Waals surface area contributed by atoms with Crippen molar-refractivity contribution in [2.75, 3.05) is 0 Å². The van der Waals surface area contributed by atoms with E-state index in [9.17, 15) is 10.1 Å². The molecule has 4 nitrogen and oxygen atoms in total. The first kappa shape index (κ1) is 11.1. The summed E-state index contributed by atoms with van der Waals surface area (Å²) in [6.07, 6.45) is 0. The first-order valence-electron chi connectivity index (χ1n) is 4.36. The summed E-state index contributed by atoms with van der Waals surface area (Å²) in [5, 5.41) is 13.9. The third kappa shape index (κ3) is 3.43. The van der Waals surface area contributed by atoms with Crippen LogP contribution < -0.4 is 5.32 Å². The molecule has 0 atom stereocenters. The van der Waals surface area contributed by atoms with Crippen LogP contribution in [-0.2, 0) is 6.54 Å². The van der Waals surface area contributed by atoms with Crippen molar-refractivity contribution < 1.29 is 4.92 Å². The minimum absolute atomic E-state index is 0.0404. The molecule has 0 bridgehead atoms. The molecular formula is C9H14N2O2S. The molecule has 1 heterocycles. The lowest BCUT2D eigenvalue weighted by Gasteiger charge is -2.19. The standard InChI is InChI=1S/C9H14N2O2S/c1-9(2,3)10-6-7-4-5-8(14-7)11(12)13/h4-5,10H,6H2,1-3H3. The van der Waals surface area contributed by atoms with Gasteiger partial charge in [0.15, 0.2) is 0 Å². The van der Waals surface area contributed by atoms with Gasteiger partial charge in [-0.05, 0) is 26.8 Å². The van der Waals surface area contributed by atoms with Crippen LogP contribution in [0.2, 0.25) is 0 Å². The maximum atomic E-state index is 10.4. The van der Waals surface area contributed by atoms with Crippen LogP contribution >= 0.6 is 11.3 Å². The quantitative estimate of drug-likeness (QED) is 0.621. The molecule has 0 radical (unpaired) electrons. The van der Waals surface area contributed by atoms with Gasteiger partial charge < -0.3 is 5.32 Å². The molecule has 14 heavy (non-hydrogen) atoms. The molecule has 1 rings (SSSR count). The summed E-state index contributed by atoms with van der Waals surface area (Å²) in [7, 11) is 0. The largest absolute Gasteiger partial charge is 0.324 e. The molecule has 0 amide bonds. The second kappa shape index (κ2) is 4.06. The van der Waals surface area contributed by atoms with Crippen LogP contribution in [0.4, 0.5) is 5.00 Å². The van der Waals surface area contributed by atoms with Crippen LogP contribution in [0.1, 0.15) is 25.6 Å². The fourth-order valence-electron chi connectivity index (χ4n) is 0.912. The monoisotopic (exact) mass is 214 g/mol. The lowest BCUT2D eigenvalue weighted by atomic mass is 10.1. The smallest absolute Gasteiger partial charge is 0.307 e. The predicted octanol–water partition coefficient (Wildman–Crippen LogP) is 2.54. The molecule has 0 spiro atoms. The van der Waals surface area contributed by atoms with Crippen molar-refractivity contribution in [1.29, 1.82) is 0 Å². The van der Waals surface area contributed by atoms with E-state index >= 15 is 0 Å². The van der Waals surface area contributed by atoms with Crippen LogP contribution in [0, 0.1) is 10.1 Å². The van der Waals surface area contributed by atoms with Gasteiger partial charge in [-0.25, -0.2) is 0 Å². The molecule has 0 saturated carbocycles. The molecule has 0 saturated heterocycles. The SMILES string of the molecule is CC(C)(C)NCc1ccc([N+](=O)[O-])s1. The predicted molar refractivity (Wildman–Crippen MR) is 57.6 cm³/mol. The summed E-state index contributed by atoms with van der Waals surface area (Å²) in [6.45, 7) is 6.88. The highest BCUT2D eigenvalue weighted by molar-refractivity contribution is 7.15. The van der Waals surface area contributed by atoms with Gasteiger partial charge in [0.1, 0.15) is 0 Å². The van der Waals surface area contributed by atoms with Crippen molar-refractivity contribution in [2.24, 2.45) is 0 Å². The molecule has 1 aromatic rings. The molecule has 0 fully saturated rings. The minimum atomic E-state index is -0.356. The third-order valence-electron chi connectivity index (χ3n) is 1.62. The molecule has 0 aliphatic carbocycles. The van der Waals surface area contributed by atoms with Crippen molar-refractivity contribution in [3.8, 4) is 0 Å². The Morgan fingerprint density at radius 3 is 2.57 bits per heavy atom. The first-order chi connectivity index (χ1) is 6.38. The van der Waals surface area contributed by atoms with E-state index in [-0.39, 0.29) is 15.5 Å². The maximum Gasteiger partial charge on any atom is 0.324 e. The Hall–Kier alpha value is -0.940. The normalized spacial score (nSPS) is 11.6. The zero-order chi connectivity index (χ0) is 10.8. The summed E-state index contributed by atoms with van der Waals surface area (Å²) in [6, 6.07) is 3.34. The third-order valence-corrected chi connectivity index (χ3v) is 2.66. The van der Waals surface area contributed by atoms with E-state index in [1.807, 2.05) is 0 Å². The van der Waals surface area contributed by atoms with Crippen molar-refractivity contribution in [3.05, 3.63) is 27.1 Å². The van der Waals surface area contributed by atoms with Crippen molar-refractivity contribution in [1.82, 2.24) is 5.32 Å². The molecule has 1 N–H and O–H groups in total. The summed E-state index contributed by atoms with van der Waals surface area (Å²) in [4.78, 5) is 11.0. The molecule has 0 unspecified atom stereocenters. The highest BCUT2D eigenvalue weighted by atomic mass is 32.1. The Morgan fingerprint density at radius 1 is 1.50 bits per heavy atom. The Labute approximate surface area is 87.1 Å². The van der Waals surface area contributed by atoms with Gasteiger partial charge in [0.25, 0.3) is 0 Å². The second-order valence-corrected chi connectivity index (χ2v) is 5.25. The Morgan fingerprint density at radius 2 is 2.14 bits per heavy atom. The van der Waals surface area contributed by atoms with Gasteiger partial charge in [0.05, 0.1) is 4.92 Å². The molecule has 0 aromatic carbocycles. The molecule has 1 aromatic heterocycles. The van der Waals surface area contributed by atoms with Gasteiger partial charge in [-0.15, -0.1) is 0 Å². The van der Waals surface area contributed by atoms with Crippen LogP contribution in [0.5, 0.6) is 0 Å². The van der Waals surface area contributed by atoms with E-state index in [0.29, 0.717) is 6.54 Å². The Bertz CT molecular complexity index is 328. The van der Waals surface area contributed by atoms with Gasteiger partial charge in [-0.2, -0.15) is 0 Å². The molecule has 5 heteroatoms. The molecule has 78 valence electrons. The van der Waals surface area contributed by atoms with E-state index in [4.69, 9.17) is 0 Å². The highest BCUT2D eigenvalue weighted by Gasteiger charge is 2.12. The number of nitrogens with one attached hydrogen (secondary N) is 1. The van der Waals surface area contributed by atoms with Gasteiger partial charge >= 0.3 is 5.00 Å². The van der Waals surface area contributed by atoms with Crippen LogP contribution in [0.15, 0.2) is 12.1 Å². The maximum absolute atomic E-state index is 10.4. The second-order valence-electron chi connectivity index (χ2n) is 4.10. The molecule has 0 aliphatic heterocycles. The number of nitro groups is 1. The van der Waals surface area contributed by atoms with E-state index < -0.39 is 0 Å². The molecular weight excluding hydrogens is 200 g/mol. The van der Waals surface area contributed by atoms with E-state index in [1.54, 1.807) is 12.1 Å². The van der Waals surface area contributed by atoms with E-state index in [2.05, 4.69) is 26.1 Å². The van der Waals surface area contributed by atoms with Gasteiger partial charge in [0, 0.05) is 23.0 Å². The summed E-state index contributed by atoms with van der Waals surface area (Å²) < 4.78 is 0. The van der Waals surface area contributed by atoms with Gasteiger partial charge in [0.2, 0.25) is 0 Å². The average Bonchev–Trinajstić information content (AvgIpc) is 2.47. The lowest BCUT2D eigenvalue weighted by Crippen LogP contribution is -2.34. The topological polar surface area (TPSA) is 55.2 Å². The Kier molecular flexibility index (Phi) is 3.23. The first-order valence-corrected chi connectivity index (χ1v) is 5.18. The van der Waals surface area contributed by atoms with Gasteiger partial charge in [-0.1, -0.05) is 11.3 Å². The average molecular weight is 214 g/mol. The van der Waals surface area contributed by atoms with Crippen LogP contribution in [0.3, 0.4) is 0 Å². The van der Waals surface area contributed by atoms with Crippen LogP contribution in [0.25, 0.3) is 0 Å². The molecule has 0 aliphatic rings. The fraction of sp³-hybridized carbons (Fsp3) is 0.556. The zero-order valence-electron chi connectivity index (χ0n) is 8.53. The number of hydrogen-bond acceptors (Lipinski definition) is 4. The summed E-state index contributed by atoms with van der Waals surface area (Å²) >= 11 is 1.22. The number of rotatable bonds is 3. The zero-order valence-corrected chi connectivity index (χ0v) is 9.35. The van der Waals surface area contributed by atoms with Crippen LogP contribution in [-0.4, -0.2) is 10.5 Å². The van der Waals surface area contributed by atoms with Crippen molar-refractivity contribution in [3.63, 3.8) is 0 Å². The number of thiophene rings is 1. The number of nitrogens with zero attached hydrogens (tertiary/aromatic N) is 1. The van der Waals surface area contributed by atoms with E-state index in [1.165, 1.54) is 11.3 Å². The number of hydrogen-bond donors (Lipinski definition) is 1. The van der Waals surface area contributed by atoms with Crippen molar-refractivity contribution in [2.45, 2.75) is 32.9 Å². The Balaban J connectivity index is 2.56. The summed E-state index contributed by atoms with van der Waals surface area (Å²) in [5.41, 5.74) is 0.0404. The lowest BCUT2D eigenvalue weighted by molar-refractivity contribution is -0.380. The van der Waals surface area contributed by atoms with Crippen molar-refractivity contribution >= 4 is 16.3 Å². The summed E-state index contributed by atoms with van der Waals surface area (Å²) in [5.74, 6) is 0.